The van der Waals surface area contributed by atoms with Gasteiger partial charge in [0.25, 0.3) is 0 Å². The third-order valence-corrected chi connectivity index (χ3v) is 11.0. The first kappa shape index (κ1) is 26.9. The zero-order chi connectivity index (χ0) is 25.8. The van der Waals surface area contributed by atoms with Gasteiger partial charge in [0.15, 0.2) is 8.32 Å². The van der Waals surface area contributed by atoms with E-state index in [0.717, 1.165) is 0 Å². The summed E-state index contributed by atoms with van der Waals surface area (Å²) in [7, 11) is -3.13. The normalized spacial score (nSPS) is 15.9. The summed E-state index contributed by atoms with van der Waals surface area (Å²) in [5, 5.41) is 33.8. The molecule has 0 aliphatic carbocycles. The molecule has 0 bridgehead atoms. The van der Waals surface area contributed by atoms with Crippen LogP contribution in [0.1, 0.15) is 42.4 Å². The van der Waals surface area contributed by atoms with Crippen LogP contribution in [0.2, 0.25) is 18.1 Å². The number of carbonyl (C=O) groups is 2. The minimum absolute atomic E-state index is 0.0263. The van der Waals surface area contributed by atoms with Crippen molar-refractivity contribution in [3.05, 3.63) is 41.2 Å². The maximum absolute atomic E-state index is 12.5. The number of rotatable bonds is 10. The second-order valence-corrected chi connectivity index (χ2v) is 15.0. The van der Waals surface area contributed by atoms with Crippen molar-refractivity contribution in [3.63, 3.8) is 0 Å². The summed E-state index contributed by atoms with van der Waals surface area (Å²) in [6, 6.07) is 4.72. The Bertz CT molecular complexity index is 1060. The van der Waals surface area contributed by atoms with Gasteiger partial charge < -0.3 is 29.8 Å². The van der Waals surface area contributed by atoms with Crippen LogP contribution in [0.3, 0.4) is 0 Å². The van der Waals surface area contributed by atoms with Gasteiger partial charge in [-0.25, -0.2) is 9.48 Å². The number of carbonyl (C=O) groups excluding carboxylic acids is 1. The predicted molar refractivity (Wildman–Crippen MR) is 133 cm³/mol. The number of hydrogen-bond donors (Lipinski definition) is 4. The zero-order valence-corrected chi connectivity index (χ0v) is 21.9. The average molecular weight is 503 g/mol. The van der Waals surface area contributed by atoms with Crippen LogP contribution in [-0.2, 0) is 28.7 Å². The lowest BCUT2D eigenvalue weighted by Crippen LogP contribution is -2.53. The Morgan fingerprint density at radius 2 is 2.09 bits per heavy atom. The molecule has 35 heavy (non-hydrogen) atoms. The fourth-order valence-corrected chi connectivity index (χ4v) is 4.47. The molecule has 1 amide bonds. The Labute approximate surface area is 206 Å². The van der Waals surface area contributed by atoms with Crippen LogP contribution in [-0.4, -0.2) is 71.5 Å². The molecule has 190 valence electrons. The third-order valence-electron chi connectivity index (χ3n) is 6.44. The van der Waals surface area contributed by atoms with Gasteiger partial charge in [-0.05, 0) is 36.2 Å². The number of amides is 1. The van der Waals surface area contributed by atoms with E-state index in [9.17, 15) is 19.7 Å². The maximum Gasteiger partial charge on any atom is 0.547 e. The van der Waals surface area contributed by atoms with Crippen molar-refractivity contribution in [2.24, 2.45) is 0 Å². The number of hydrogen-bond acceptors (Lipinski definition) is 8. The van der Waals surface area contributed by atoms with Gasteiger partial charge in [-0.15, -0.1) is 5.10 Å². The molecule has 0 spiro atoms. The quantitative estimate of drug-likeness (QED) is 0.278. The molecule has 2 aromatic rings. The molecule has 2 heterocycles. The lowest BCUT2D eigenvalue weighted by atomic mass is 9.72. The first-order valence-corrected chi connectivity index (χ1v) is 14.5. The van der Waals surface area contributed by atoms with Crippen molar-refractivity contribution >= 4 is 27.3 Å². The van der Waals surface area contributed by atoms with Gasteiger partial charge in [0.2, 0.25) is 5.91 Å². The molecule has 3 rings (SSSR count). The van der Waals surface area contributed by atoms with E-state index in [2.05, 4.69) is 54.8 Å². The predicted octanol–water partition coefficient (Wildman–Crippen LogP) is 1.23. The van der Waals surface area contributed by atoms with E-state index < -0.39 is 27.3 Å². The second kappa shape index (κ2) is 10.9. The number of aromatic carboxylic acids is 1. The first-order chi connectivity index (χ1) is 16.4. The number of aromatic nitrogens is 3. The Morgan fingerprint density at radius 1 is 1.34 bits per heavy atom. The smallest absolute Gasteiger partial charge is 0.534 e. The molecule has 1 unspecified atom stereocenters. The summed E-state index contributed by atoms with van der Waals surface area (Å²) in [6.07, 6.45) is 1.93. The molecule has 1 aromatic carbocycles. The molecular formula is C22H34BN5O6Si. The molecule has 0 fully saturated rings. The van der Waals surface area contributed by atoms with Gasteiger partial charge in [-0.1, -0.05) is 38.1 Å². The molecule has 0 saturated carbocycles. The van der Waals surface area contributed by atoms with E-state index in [1.807, 2.05) is 0 Å². The number of nitrogens with zero attached hydrogens (tertiary/aromatic N) is 3. The molecule has 1 atom stereocenters. The first-order valence-electron chi connectivity index (χ1n) is 11.6. The topological polar surface area (TPSA) is 148 Å². The summed E-state index contributed by atoms with van der Waals surface area (Å²) in [5.41, 5.74) is 1.27. The largest absolute Gasteiger partial charge is 0.547 e. The summed E-state index contributed by atoms with van der Waals surface area (Å²) < 4.78 is 13.0. The van der Waals surface area contributed by atoms with E-state index in [4.69, 9.17) is 9.08 Å². The van der Waals surface area contributed by atoms with Crippen molar-refractivity contribution < 1.29 is 28.8 Å². The summed E-state index contributed by atoms with van der Waals surface area (Å²) in [5.74, 6) is -2.11. The van der Waals surface area contributed by atoms with Gasteiger partial charge in [0, 0.05) is 19.7 Å². The zero-order valence-electron chi connectivity index (χ0n) is 20.9. The fourth-order valence-electron chi connectivity index (χ4n) is 3.42. The highest BCUT2D eigenvalue weighted by Gasteiger charge is 2.38. The molecule has 4 N–H and O–H groups in total. The van der Waals surface area contributed by atoms with Crippen LogP contribution in [0, 0.1) is 0 Å². The summed E-state index contributed by atoms with van der Waals surface area (Å²) in [4.78, 5) is 23.9. The molecule has 13 heteroatoms. The highest BCUT2D eigenvalue weighted by molar-refractivity contribution is 6.74. The highest BCUT2D eigenvalue weighted by Crippen LogP contribution is 2.36. The average Bonchev–Trinajstić information content (AvgIpc) is 3.19. The number of carboxylic acids is 1. The van der Waals surface area contributed by atoms with Crippen LogP contribution in [0.4, 0.5) is 0 Å². The van der Waals surface area contributed by atoms with Gasteiger partial charge in [0.05, 0.1) is 23.4 Å². The minimum Gasteiger partial charge on any atom is -0.534 e. The maximum atomic E-state index is 12.5. The number of para-hydroxylation sites is 1. The number of nitrogens with one attached hydrogen (secondary N) is 2. The molecule has 0 saturated heterocycles. The lowest BCUT2D eigenvalue weighted by Gasteiger charge is -2.36. The van der Waals surface area contributed by atoms with Gasteiger partial charge in [-0.2, -0.15) is 0 Å². The van der Waals surface area contributed by atoms with E-state index in [-0.39, 0.29) is 35.2 Å². The monoisotopic (exact) mass is 503 g/mol. The van der Waals surface area contributed by atoms with E-state index >= 15 is 0 Å². The number of benzene rings is 1. The van der Waals surface area contributed by atoms with Crippen LogP contribution in [0.5, 0.6) is 5.75 Å². The van der Waals surface area contributed by atoms with Crippen molar-refractivity contribution in [2.45, 2.75) is 64.4 Å². The minimum atomic E-state index is -1.77. The molecule has 11 nitrogen and oxygen atoms in total. The van der Waals surface area contributed by atoms with Crippen LogP contribution >= 0.6 is 0 Å². The van der Waals surface area contributed by atoms with Crippen molar-refractivity contribution in [1.29, 1.82) is 0 Å². The molecule has 1 aliphatic rings. The van der Waals surface area contributed by atoms with Crippen molar-refractivity contribution in [1.82, 2.24) is 25.6 Å². The standard InChI is InChI=1S/C22H34BN5O6Si/c1-22(2,3)35(4,5)33-10-9-24-12-16-13-28(27-26-16)14-19(29)25-18-11-15-7-6-8-17(21(30)31)20(15)34-23(18)32/h6-8,13,18,24,32H,9-12,14H2,1-5H3,(H,25,29)(H,30,31). The van der Waals surface area contributed by atoms with E-state index in [0.29, 0.717) is 31.0 Å². The Balaban J connectivity index is 1.45. The van der Waals surface area contributed by atoms with Crippen LogP contribution in [0.25, 0.3) is 0 Å². The summed E-state index contributed by atoms with van der Waals surface area (Å²) in [6.45, 7) is 12.8. The van der Waals surface area contributed by atoms with Gasteiger partial charge >= 0.3 is 13.1 Å². The SMILES string of the molecule is CC(C)(C)[Si](C)(C)OCCNCc1cn(CC(=O)NC2Cc3cccc(C(=O)O)c3OB2O)nn1. The fraction of sp³-hybridized carbons (Fsp3) is 0.545. The van der Waals surface area contributed by atoms with Crippen LogP contribution in [0.15, 0.2) is 24.4 Å². The number of fused-ring (bicyclic) bond motifs is 1. The molecule has 1 aromatic heterocycles. The van der Waals surface area contributed by atoms with E-state index in [1.165, 1.54) is 10.7 Å². The van der Waals surface area contributed by atoms with E-state index in [1.54, 1.807) is 18.3 Å². The molecule has 1 aliphatic heterocycles. The Kier molecular flexibility index (Phi) is 8.36. The highest BCUT2D eigenvalue weighted by atomic mass is 28.4. The number of carboxylic acid groups (broad SMARTS) is 1. The molecular weight excluding hydrogens is 469 g/mol. The van der Waals surface area contributed by atoms with Gasteiger partial charge in [0.1, 0.15) is 12.3 Å². The lowest BCUT2D eigenvalue weighted by molar-refractivity contribution is -0.122. The second-order valence-electron chi connectivity index (χ2n) is 10.2. The van der Waals surface area contributed by atoms with Crippen molar-refractivity contribution in [2.75, 3.05) is 13.2 Å². The Morgan fingerprint density at radius 3 is 2.77 bits per heavy atom. The Hall–Kier alpha value is -2.74. The summed E-state index contributed by atoms with van der Waals surface area (Å²) >= 11 is 0. The third kappa shape index (κ3) is 6.91. The van der Waals surface area contributed by atoms with Crippen molar-refractivity contribution in [3.8, 4) is 5.75 Å². The van der Waals surface area contributed by atoms with Crippen LogP contribution < -0.4 is 15.3 Å². The molecule has 0 radical (unpaired) electrons. The van der Waals surface area contributed by atoms with Gasteiger partial charge in [-0.3, -0.25) is 4.79 Å².